The second kappa shape index (κ2) is 14.5. The van der Waals surface area contributed by atoms with E-state index in [0.717, 1.165) is 68.0 Å². The molecule has 0 radical (unpaired) electrons. The summed E-state index contributed by atoms with van der Waals surface area (Å²) in [7, 11) is 1.54. The lowest BCUT2D eigenvalue weighted by atomic mass is 9.89. The van der Waals surface area contributed by atoms with Crippen molar-refractivity contribution in [3.05, 3.63) is 48.2 Å². The molecule has 1 saturated heterocycles. The van der Waals surface area contributed by atoms with Crippen LogP contribution in [0.15, 0.2) is 47.4 Å². The average Bonchev–Trinajstić information content (AvgIpc) is 3.35. The molecule has 0 bridgehead atoms. The van der Waals surface area contributed by atoms with Crippen LogP contribution in [0, 0.1) is 11.8 Å². The number of amides is 1. The van der Waals surface area contributed by atoms with Gasteiger partial charge in [0, 0.05) is 48.1 Å². The molecule has 0 spiro atoms. The van der Waals surface area contributed by atoms with Gasteiger partial charge in [0.2, 0.25) is 5.91 Å². The normalized spacial score (nSPS) is 19.2. The van der Waals surface area contributed by atoms with E-state index in [0.29, 0.717) is 28.7 Å². The Morgan fingerprint density at radius 2 is 1.86 bits per heavy atom. The Labute approximate surface area is 260 Å². The molecular formula is C32H38F3N5O3S. The van der Waals surface area contributed by atoms with E-state index in [9.17, 15) is 18.0 Å². The van der Waals surface area contributed by atoms with Gasteiger partial charge in [0.05, 0.1) is 43.8 Å². The Kier molecular flexibility index (Phi) is 10.5. The van der Waals surface area contributed by atoms with Crippen LogP contribution in [-0.2, 0) is 16.1 Å². The SMILES string of the molecule is COc1cc(SNC(C)=O)ccc1NCC#Cc1cc2c(NC3CCC(N4CCOCC4)CC3)cccc2n1CC(F)(F)F. The minimum atomic E-state index is -4.40. The number of fused-ring (bicyclic) bond motifs is 1. The zero-order valence-corrected chi connectivity index (χ0v) is 25.7. The Morgan fingerprint density at radius 1 is 1.09 bits per heavy atom. The first-order valence-corrected chi connectivity index (χ1v) is 15.6. The molecule has 1 amide bonds. The van der Waals surface area contributed by atoms with E-state index in [4.69, 9.17) is 9.47 Å². The number of methoxy groups -OCH3 is 1. The number of carbonyl (C=O) groups is 1. The number of hydrogen-bond acceptors (Lipinski definition) is 7. The van der Waals surface area contributed by atoms with Crippen molar-refractivity contribution in [3.8, 4) is 17.6 Å². The van der Waals surface area contributed by atoms with Crippen molar-refractivity contribution in [2.75, 3.05) is 50.6 Å². The molecule has 0 unspecified atom stereocenters. The van der Waals surface area contributed by atoms with Gasteiger partial charge < -0.3 is 24.7 Å². The molecule has 2 fully saturated rings. The first-order valence-electron chi connectivity index (χ1n) is 14.8. The molecule has 2 aliphatic rings. The van der Waals surface area contributed by atoms with Crippen molar-refractivity contribution in [2.45, 2.75) is 62.3 Å². The molecule has 1 aliphatic heterocycles. The lowest BCUT2D eigenvalue weighted by Gasteiger charge is -2.39. The fraction of sp³-hybridized carbons (Fsp3) is 0.469. The predicted molar refractivity (Wildman–Crippen MR) is 168 cm³/mol. The highest BCUT2D eigenvalue weighted by atomic mass is 32.2. The van der Waals surface area contributed by atoms with Gasteiger partial charge in [-0.15, -0.1) is 0 Å². The Bertz CT molecular complexity index is 1500. The maximum Gasteiger partial charge on any atom is 0.406 e. The number of ether oxygens (including phenoxy) is 2. The molecular weight excluding hydrogens is 591 g/mol. The summed E-state index contributed by atoms with van der Waals surface area (Å²) >= 11 is 1.18. The molecule has 2 heterocycles. The van der Waals surface area contributed by atoms with Crippen molar-refractivity contribution >= 4 is 40.1 Å². The summed E-state index contributed by atoms with van der Waals surface area (Å²) in [5.41, 5.74) is 2.32. The van der Waals surface area contributed by atoms with E-state index in [1.165, 1.54) is 30.5 Å². The van der Waals surface area contributed by atoms with Gasteiger partial charge in [-0.1, -0.05) is 12.0 Å². The van der Waals surface area contributed by atoms with E-state index < -0.39 is 12.7 Å². The van der Waals surface area contributed by atoms with Crippen LogP contribution in [0.3, 0.4) is 0 Å². The Morgan fingerprint density at radius 3 is 2.57 bits per heavy atom. The molecule has 236 valence electrons. The zero-order chi connectivity index (χ0) is 31.1. The second-order valence-corrected chi connectivity index (χ2v) is 11.9. The van der Waals surface area contributed by atoms with Gasteiger partial charge in [0.15, 0.2) is 0 Å². The number of carbonyl (C=O) groups excluding carboxylic acids is 1. The molecule has 1 aliphatic carbocycles. The number of rotatable bonds is 9. The zero-order valence-electron chi connectivity index (χ0n) is 24.9. The number of aromatic nitrogens is 1. The molecule has 8 nitrogen and oxygen atoms in total. The number of benzene rings is 2. The van der Waals surface area contributed by atoms with Gasteiger partial charge in [-0.25, -0.2) is 0 Å². The molecule has 0 atom stereocenters. The fourth-order valence-corrected chi connectivity index (χ4v) is 6.46. The summed E-state index contributed by atoms with van der Waals surface area (Å²) < 4.78 is 55.9. The van der Waals surface area contributed by atoms with Crippen LogP contribution in [0.25, 0.3) is 10.9 Å². The molecule has 12 heteroatoms. The largest absolute Gasteiger partial charge is 0.495 e. The van der Waals surface area contributed by atoms with Crippen LogP contribution in [0.2, 0.25) is 0 Å². The number of morpholine rings is 1. The van der Waals surface area contributed by atoms with E-state index in [2.05, 4.69) is 32.1 Å². The van der Waals surface area contributed by atoms with E-state index >= 15 is 0 Å². The van der Waals surface area contributed by atoms with Gasteiger partial charge >= 0.3 is 6.18 Å². The predicted octanol–water partition coefficient (Wildman–Crippen LogP) is 5.87. The van der Waals surface area contributed by atoms with Gasteiger partial charge in [0.25, 0.3) is 0 Å². The molecule has 5 rings (SSSR count). The smallest absolute Gasteiger partial charge is 0.406 e. The molecule has 44 heavy (non-hydrogen) atoms. The van der Waals surface area contributed by atoms with E-state index in [1.807, 2.05) is 12.1 Å². The van der Waals surface area contributed by atoms with Crippen molar-refractivity contribution in [2.24, 2.45) is 0 Å². The third-order valence-electron chi connectivity index (χ3n) is 7.97. The summed E-state index contributed by atoms with van der Waals surface area (Å²) in [6.07, 6.45) is -0.193. The lowest BCUT2D eigenvalue weighted by Crippen LogP contribution is -2.46. The van der Waals surface area contributed by atoms with Gasteiger partial charge in [-0.3, -0.25) is 14.4 Å². The number of hydrogen-bond donors (Lipinski definition) is 3. The maximum atomic E-state index is 13.7. The molecule has 2 aromatic carbocycles. The maximum absolute atomic E-state index is 13.7. The van der Waals surface area contributed by atoms with Gasteiger partial charge in [-0.05, 0) is 79.9 Å². The molecule has 1 saturated carbocycles. The number of halogens is 3. The number of nitrogens with zero attached hydrogens (tertiary/aromatic N) is 2. The molecule has 3 N–H and O–H groups in total. The highest BCUT2D eigenvalue weighted by molar-refractivity contribution is 7.98. The van der Waals surface area contributed by atoms with Crippen molar-refractivity contribution in [3.63, 3.8) is 0 Å². The highest BCUT2D eigenvalue weighted by Crippen LogP contribution is 2.33. The van der Waals surface area contributed by atoms with Crippen LogP contribution in [-0.4, -0.2) is 73.6 Å². The third kappa shape index (κ3) is 8.34. The van der Waals surface area contributed by atoms with Crippen LogP contribution in [0.5, 0.6) is 5.75 Å². The summed E-state index contributed by atoms with van der Waals surface area (Å²) in [4.78, 5) is 14.5. The summed E-state index contributed by atoms with van der Waals surface area (Å²) in [5, 5.41) is 7.54. The van der Waals surface area contributed by atoms with Crippen LogP contribution in [0.1, 0.15) is 38.3 Å². The van der Waals surface area contributed by atoms with Crippen molar-refractivity contribution in [1.29, 1.82) is 0 Å². The number of nitrogens with one attached hydrogen (secondary N) is 3. The molecule has 1 aromatic heterocycles. The quantitative estimate of drug-likeness (QED) is 0.202. The van der Waals surface area contributed by atoms with Crippen LogP contribution >= 0.6 is 11.9 Å². The Balaban J connectivity index is 1.29. The van der Waals surface area contributed by atoms with Crippen molar-refractivity contribution in [1.82, 2.24) is 14.2 Å². The number of anilines is 2. The van der Waals surface area contributed by atoms with Crippen LogP contribution in [0.4, 0.5) is 24.5 Å². The highest BCUT2D eigenvalue weighted by Gasteiger charge is 2.31. The summed E-state index contributed by atoms with van der Waals surface area (Å²) in [6, 6.07) is 13.4. The summed E-state index contributed by atoms with van der Waals surface area (Å²) in [6.45, 7) is 4.04. The Hall–Kier alpha value is -3.53. The monoisotopic (exact) mass is 629 g/mol. The number of alkyl halides is 3. The topological polar surface area (TPSA) is 79.8 Å². The van der Waals surface area contributed by atoms with Crippen molar-refractivity contribution < 1.29 is 27.4 Å². The standard InChI is InChI=1S/C32H38F3N5O3S/c1-22(41)38-44-26-12-13-29(31(20-26)42-2)36-14-4-5-25-19-27-28(6-3-7-30(27)40(25)21-32(33,34)35)37-23-8-10-24(11-9-23)39-15-17-43-18-16-39/h3,6-7,12-13,19-20,23-24,36-37H,8-11,14-18,21H2,1-2H3,(H,38,41). The van der Waals surface area contributed by atoms with Gasteiger partial charge in [0.1, 0.15) is 12.3 Å². The summed E-state index contributed by atoms with van der Waals surface area (Å²) in [5.74, 6) is 6.34. The average molecular weight is 630 g/mol. The third-order valence-corrected chi connectivity index (χ3v) is 8.85. The second-order valence-electron chi connectivity index (χ2n) is 11.0. The fourth-order valence-electron chi connectivity index (χ4n) is 5.90. The molecule has 3 aromatic rings. The van der Waals surface area contributed by atoms with Gasteiger partial charge in [-0.2, -0.15) is 13.2 Å². The minimum Gasteiger partial charge on any atom is -0.495 e. The minimum absolute atomic E-state index is 0.163. The van der Waals surface area contributed by atoms with E-state index in [1.54, 1.807) is 30.3 Å². The lowest BCUT2D eigenvalue weighted by molar-refractivity contribution is -0.140. The van der Waals surface area contributed by atoms with Crippen LogP contribution < -0.4 is 20.1 Å². The first kappa shape index (κ1) is 31.9. The van der Waals surface area contributed by atoms with E-state index in [-0.39, 0.29) is 18.5 Å². The first-order chi connectivity index (χ1) is 21.2.